The summed E-state index contributed by atoms with van der Waals surface area (Å²) in [5.74, 6) is 0.799. The first-order valence-corrected chi connectivity index (χ1v) is 6.34. The number of benzene rings is 1. The zero-order chi connectivity index (χ0) is 13.2. The summed E-state index contributed by atoms with van der Waals surface area (Å²) in [6.45, 7) is 1.23. The highest BCUT2D eigenvalue weighted by molar-refractivity contribution is 5.44. The fraction of sp³-hybridized carbons (Fsp3) is 0.385. The van der Waals surface area contributed by atoms with Crippen molar-refractivity contribution in [3.63, 3.8) is 0 Å². The standard InChI is InChI=1S/C13H14F2N4/c14-9-4-5-10(15)11(7-9)16-8-13-18-17-12-3-1-2-6-19(12)13/h4-5,7,16H,1-3,6,8H2. The Bertz CT molecular complexity index is 594. The molecule has 0 fully saturated rings. The Morgan fingerprint density at radius 2 is 2.11 bits per heavy atom. The van der Waals surface area contributed by atoms with E-state index in [9.17, 15) is 8.78 Å². The molecule has 0 aliphatic carbocycles. The summed E-state index contributed by atoms with van der Waals surface area (Å²) < 4.78 is 28.6. The van der Waals surface area contributed by atoms with Gasteiger partial charge in [0.15, 0.2) is 5.82 Å². The van der Waals surface area contributed by atoms with Crippen LogP contribution < -0.4 is 5.32 Å². The second-order valence-electron chi connectivity index (χ2n) is 4.62. The van der Waals surface area contributed by atoms with E-state index in [0.717, 1.165) is 55.7 Å². The number of nitrogens with one attached hydrogen (secondary N) is 1. The van der Waals surface area contributed by atoms with Crippen LogP contribution in [0, 0.1) is 11.6 Å². The van der Waals surface area contributed by atoms with E-state index in [1.165, 1.54) is 0 Å². The van der Waals surface area contributed by atoms with Crippen LogP contribution in [-0.4, -0.2) is 14.8 Å². The van der Waals surface area contributed by atoms with E-state index in [4.69, 9.17) is 0 Å². The fourth-order valence-electron chi connectivity index (χ4n) is 2.31. The summed E-state index contributed by atoms with van der Waals surface area (Å²) in [4.78, 5) is 0. The minimum Gasteiger partial charge on any atom is -0.375 e. The van der Waals surface area contributed by atoms with Crippen LogP contribution in [0.3, 0.4) is 0 Å². The van der Waals surface area contributed by atoms with Crippen molar-refractivity contribution in [3.05, 3.63) is 41.5 Å². The molecule has 19 heavy (non-hydrogen) atoms. The Labute approximate surface area is 109 Å². The summed E-state index contributed by atoms with van der Waals surface area (Å²) in [5, 5.41) is 11.1. The Hall–Kier alpha value is -1.98. The molecule has 4 nitrogen and oxygen atoms in total. The molecule has 0 saturated heterocycles. The topological polar surface area (TPSA) is 42.7 Å². The van der Waals surface area contributed by atoms with E-state index in [2.05, 4.69) is 15.5 Å². The fourth-order valence-corrected chi connectivity index (χ4v) is 2.31. The van der Waals surface area contributed by atoms with Gasteiger partial charge in [0.05, 0.1) is 12.2 Å². The maximum absolute atomic E-state index is 13.5. The Kier molecular flexibility index (Phi) is 3.15. The minimum absolute atomic E-state index is 0.146. The molecule has 1 N–H and O–H groups in total. The molecule has 2 aromatic rings. The van der Waals surface area contributed by atoms with Gasteiger partial charge >= 0.3 is 0 Å². The van der Waals surface area contributed by atoms with E-state index in [1.54, 1.807) is 0 Å². The molecule has 0 radical (unpaired) electrons. The molecule has 100 valence electrons. The predicted octanol–water partition coefficient (Wildman–Crippen LogP) is 2.50. The van der Waals surface area contributed by atoms with Crippen molar-refractivity contribution in [1.82, 2.24) is 14.8 Å². The van der Waals surface area contributed by atoms with Gasteiger partial charge in [0.1, 0.15) is 17.5 Å². The molecule has 1 aromatic carbocycles. The number of hydrogen-bond acceptors (Lipinski definition) is 3. The number of nitrogens with zero attached hydrogens (tertiary/aromatic N) is 3. The van der Waals surface area contributed by atoms with E-state index < -0.39 is 11.6 Å². The Morgan fingerprint density at radius 3 is 3.00 bits per heavy atom. The van der Waals surface area contributed by atoms with Crippen LogP contribution >= 0.6 is 0 Å². The normalized spacial score (nSPS) is 14.2. The summed E-state index contributed by atoms with van der Waals surface area (Å²) >= 11 is 0. The maximum Gasteiger partial charge on any atom is 0.152 e. The minimum atomic E-state index is -0.472. The molecule has 2 heterocycles. The summed E-state index contributed by atoms with van der Waals surface area (Å²) in [5.41, 5.74) is 0.146. The van der Waals surface area contributed by atoms with Crippen LogP contribution in [0.2, 0.25) is 0 Å². The number of rotatable bonds is 3. The first kappa shape index (κ1) is 12.1. The van der Waals surface area contributed by atoms with Gasteiger partial charge in [-0.1, -0.05) is 0 Å². The lowest BCUT2D eigenvalue weighted by atomic mass is 10.2. The first-order chi connectivity index (χ1) is 9.24. The van der Waals surface area contributed by atoms with Gasteiger partial charge in [0, 0.05) is 13.0 Å². The number of aromatic nitrogens is 3. The van der Waals surface area contributed by atoms with Gasteiger partial charge in [-0.2, -0.15) is 0 Å². The van der Waals surface area contributed by atoms with Gasteiger partial charge in [-0.3, -0.25) is 0 Å². The van der Waals surface area contributed by atoms with Crippen molar-refractivity contribution < 1.29 is 8.78 Å². The lowest BCUT2D eigenvalue weighted by molar-refractivity contribution is 0.509. The molecule has 1 aromatic heterocycles. The zero-order valence-electron chi connectivity index (χ0n) is 10.4. The van der Waals surface area contributed by atoms with Crippen LogP contribution in [0.15, 0.2) is 18.2 Å². The monoisotopic (exact) mass is 264 g/mol. The molecular weight excluding hydrogens is 250 g/mol. The van der Waals surface area contributed by atoms with Gasteiger partial charge in [0.25, 0.3) is 0 Å². The van der Waals surface area contributed by atoms with Gasteiger partial charge < -0.3 is 9.88 Å². The first-order valence-electron chi connectivity index (χ1n) is 6.34. The summed E-state index contributed by atoms with van der Waals surface area (Å²) in [6.07, 6.45) is 3.16. The molecule has 0 saturated carbocycles. The lowest BCUT2D eigenvalue weighted by Crippen LogP contribution is -2.15. The van der Waals surface area contributed by atoms with E-state index in [-0.39, 0.29) is 5.69 Å². The molecule has 3 rings (SSSR count). The third kappa shape index (κ3) is 2.43. The molecule has 1 aliphatic rings. The SMILES string of the molecule is Fc1ccc(F)c(NCc2nnc3n2CCCC3)c1. The highest BCUT2D eigenvalue weighted by Crippen LogP contribution is 2.18. The number of fused-ring (bicyclic) bond motifs is 1. The predicted molar refractivity (Wildman–Crippen MR) is 66.6 cm³/mol. The molecule has 6 heteroatoms. The zero-order valence-corrected chi connectivity index (χ0v) is 10.4. The summed E-state index contributed by atoms with van der Waals surface area (Å²) in [7, 11) is 0. The van der Waals surface area contributed by atoms with Crippen LogP contribution in [0.25, 0.3) is 0 Å². The van der Waals surface area contributed by atoms with Crippen molar-refractivity contribution in [3.8, 4) is 0 Å². The van der Waals surface area contributed by atoms with Crippen molar-refractivity contribution in [2.45, 2.75) is 32.4 Å². The van der Waals surface area contributed by atoms with Crippen molar-refractivity contribution in [2.24, 2.45) is 0 Å². The quantitative estimate of drug-likeness (QED) is 0.926. The largest absolute Gasteiger partial charge is 0.375 e. The highest BCUT2D eigenvalue weighted by Gasteiger charge is 2.15. The third-order valence-electron chi connectivity index (χ3n) is 3.30. The second kappa shape index (κ2) is 4.95. The average Bonchev–Trinajstić information content (AvgIpc) is 2.83. The van der Waals surface area contributed by atoms with Crippen LogP contribution in [0.5, 0.6) is 0 Å². The average molecular weight is 264 g/mol. The van der Waals surface area contributed by atoms with Gasteiger partial charge in [-0.25, -0.2) is 8.78 Å². The maximum atomic E-state index is 13.5. The summed E-state index contributed by atoms with van der Waals surface area (Å²) in [6, 6.07) is 3.35. The van der Waals surface area contributed by atoms with Crippen molar-refractivity contribution >= 4 is 5.69 Å². The van der Waals surface area contributed by atoms with Crippen molar-refractivity contribution in [2.75, 3.05) is 5.32 Å². The molecule has 0 spiro atoms. The smallest absolute Gasteiger partial charge is 0.152 e. The lowest BCUT2D eigenvalue weighted by Gasteiger charge is -2.15. The Morgan fingerprint density at radius 1 is 1.21 bits per heavy atom. The number of anilines is 1. The highest BCUT2D eigenvalue weighted by atomic mass is 19.1. The van der Waals surface area contributed by atoms with E-state index >= 15 is 0 Å². The number of hydrogen-bond donors (Lipinski definition) is 1. The van der Waals surface area contributed by atoms with Crippen LogP contribution in [0.4, 0.5) is 14.5 Å². The second-order valence-corrected chi connectivity index (χ2v) is 4.62. The van der Waals surface area contributed by atoms with Gasteiger partial charge in [-0.15, -0.1) is 10.2 Å². The van der Waals surface area contributed by atoms with E-state index in [1.807, 2.05) is 4.57 Å². The molecule has 1 aliphatic heterocycles. The number of halogens is 2. The van der Waals surface area contributed by atoms with Gasteiger partial charge in [0.2, 0.25) is 0 Å². The molecule has 0 bridgehead atoms. The van der Waals surface area contributed by atoms with Crippen LogP contribution in [0.1, 0.15) is 24.5 Å². The van der Waals surface area contributed by atoms with Gasteiger partial charge in [-0.05, 0) is 31.0 Å². The molecule has 0 amide bonds. The molecule has 0 unspecified atom stereocenters. The number of aryl methyl sites for hydroxylation is 1. The molecule has 0 atom stereocenters. The van der Waals surface area contributed by atoms with Crippen molar-refractivity contribution in [1.29, 1.82) is 0 Å². The van der Waals surface area contributed by atoms with Crippen LogP contribution in [-0.2, 0) is 19.5 Å². The third-order valence-corrected chi connectivity index (χ3v) is 3.30. The molecular formula is C13H14F2N4. The van der Waals surface area contributed by atoms with E-state index in [0.29, 0.717) is 6.54 Å². The Balaban J connectivity index is 1.75.